The fraction of sp³-hybridized carbons (Fsp3) is 0.111. The second-order valence-electron chi connectivity index (χ2n) is 11.5. The maximum atomic E-state index is 13.9. The topological polar surface area (TPSA) is 112 Å². The fourth-order valence-electron chi connectivity index (χ4n) is 5.25. The number of halogens is 5. The number of aryl methyl sites for hydroxylation is 4. The van der Waals surface area contributed by atoms with Crippen LogP contribution in [-0.4, -0.2) is 49.1 Å². The Kier molecular flexibility index (Phi) is 8.46. The van der Waals surface area contributed by atoms with Crippen LogP contribution in [0.15, 0.2) is 54.9 Å². The Hall–Kier alpha value is -6.51. The van der Waals surface area contributed by atoms with Gasteiger partial charge in [0.2, 0.25) is 0 Å². The van der Waals surface area contributed by atoms with Crippen molar-refractivity contribution >= 4 is 57.4 Å². The summed E-state index contributed by atoms with van der Waals surface area (Å²) in [6, 6.07) is 8.53. The van der Waals surface area contributed by atoms with Crippen LogP contribution in [0.4, 0.5) is 22.0 Å². The van der Waals surface area contributed by atoms with E-state index in [1.54, 1.807) is 57.9 Å². The van der Waals surface area contributed by atoms with Crippen molar-refractivity contribution in [1.29, 1.82) is 0 Å². The van der Waals surface area contributed by atoms with Gasteiger partial charge in [-0.15, -0.1) is 10.2 Å². The van der Waals surface area contributed by atoms with E-state index in [0.717, 1.165) is 28.8 Å². The minimum atomic E-state index is -1.24. The number of hydrogen-bond donors (Lipinski definition) is 0. The maximum absolute atomic E-state index is 13.9. The minimum absolute atomic E-state index is 0.206. The Morgan fingerprint density at radius 1 is 0.549 bits per heavy atom. The molecule has 2 aromatic carbocycles. The monoisotopic (exact) mass is 692 g/mol. The van der Waals surface area contributed by atoms with Crippen molar-refractivity contribution in [3.63, 3.8) is 0 Å². The summed E-state index contributed by atoms with van der Waals surface area (Å²) in [6.45, 7) is 7.46. The molecule has 0 aliphatic carbocycles. The van der Waals surface area contributed by atoms with Crippen LogP contribution in [0, 0.1) is 56.8 Å². The van der Waals surface area contributed by atoms with E-state index in [9.17, 15) is 22.0 Å². The molecule has 0 aliphatic heterocycles. The molecule has 0 saturated carbocycles. The van der Waals surface area contributed by atoms with Gasteiger partial charge in [0.25, 0.3) is 0 Å². The van der Waals surface area contributed by atoms with Crippen molar-refractivity contribution in [2.45, 2.75) is 27.7 Å². The Labute approximate surface area is 285 Å². The lowest BCUT2D eigenvalue weighted by Gasteiger charge is -2.02. The third-order valence-electron chi connectivity index (χ3n) is 7.84. The van der Waals surface area contributed by atoms with Crippen molar-refractivity contribution in [2.24, 2.45) is 0 Å². The molecule has 8 aromatic rings. The van der Waals surface area contributed by atoms with E-state index in [-0.39, 0.29) is 21.8 Å². The third kappa shape index (κ3) is 6.48. The molecule has 0 fully saturated rings. The highest BCUT2D eigenvalue weighted by Crippen LogP contribution is 2.23. The molecule has 0 amide bonds. The van der Waals surface area contributed by atoms with E-state index >= 15 is 0 Å². The van der Waals surface area contributed by atoms with Crippen molar-refractivity contribution in [2.75, 3.05) is 0 Å². The number of aromatic nitrogens is 10. The van der Waals surface area contributed by atoms with Gasteiger partial charge in [-0.3, -0.25) is 9.97 Å². The van der Waals surface area contributed by atoms with E-state index < -0.39 is 29.1 Å². The summed E-state index contributed by atoms with van der Waals surface area (Å²) in [5.41, 5.74) is 5.52. The van der Waals surface area contributed by atoms with Crippen LogP contribution in [0.25, 0.3) is 57.4 Å². The molecule has 0 radical (unpaired) electrons. The molecule has 0 bridgehead atoms. The van der Waals surface area contributed by atoms with Gasteiger partial charge in [-0.2, -0.15) is 0 Å². The molecule has 0 aliphatic rings. The summed E-state index contributed by atoms with van der Waals surface area (Å²) in [6.07, 6.45) is 10.0. The second-order valence-corrected chi connectivity index (χ2v) is 11.5. The first-order valence-electron chi connectivity index (χ1n) is 15.4. The molecule has 0 atom stereocenters. The largest absolute Gasteiger partial charge is 0.256 e. The van der Waals surface area contributed by atoms with Crippen molar-refractivity contribution < 1.29 is 22.0 Å². The minimum Gasteiger partial charge on any atom is -0.256 e. The first kappa shape index (κ1) is 33.0. The molecule has 254 valence electrons. The Morgan fingerprint density at radius 2 is 1.10 bits per heavy atom. The van der Waals surface area contributed by atoms with Crippen LogP contribution >= 0.6 is 0 Å². The first-order chi connectivity index (χ1) is 24.4. The van der Waals surface area contributed by atoms with Gasteiger partial charge in [0.1, 0.15) is 17.2 Å². The Balaban J connectivity index is 0.000000159. The standard InChI is InChI=1S/C18H12F3N5.C18H13F2N5/c1-9-8-22-10(2)18-24-15(25-26(9)18)6-4-11-3-5-12-16(21)13(19)7-14(20)17(12)23-11;1-10-9-21-11(2)18-23-17(24-25(10)18)6-4-13-3-5-14-15(20)7-12(19)8-16(14)22-13/h3-8H,1-2H3;3-9H,1-2H3. The molecule has 10 nitrogen and oxygen atoms in total. The predicted octanol–water partition coefficient (Wildman–Crippen LogP) is 7.61. The van der Waals surface area contributed by atoms with Gasteiger partial charge in [-0.25, -0.2) is 50.9 Å². The molecule has 15 heteroatoms. The quantitative estimate of drug-likeness (QED) is 0.137. The van der Waals surface area contributed by atoms with Crippen molar-refractivity contribution in [3.8, 4) is 0 Å². The molecular formula is C36H25F5N10. The zero-order chi connectivity index (χ0) is 36.0. The summed E-state index contributed by atoms with van der Waals surface area (Å²) >= 11 is 0. The van der Waals surface area contributed by atoms with Gasteiger partial charge >= 0.3 is 0 Å². The molecule has 51 heavy (non-hydrogen) atoms. The van der Waals surface area contributed by atoms with Crippen LogP contribution in [0.5, 0.6) is 0 Å². The fourth-order valence-corrected chi connectivity index (χ4v) is 5.25. The normalized spacial score (nSPS) is 11.9. The highest BCUT2D eigenvalue weighted by Gasteiger charge is 2.14. The lowest BCUT2D eigenvalue weighted by molar-refractivity contribution is 0.505. The summed E-state index contributed by atoms with van der Waals surface area (Å²) < 4.78 is 71.3. The highest BCUT2D eigenvalue weighted by molar-refractivity contribution is 5.83. The van der Waals surface area contributed by atoms with Gasteiger partial charge in [-0.05, 0) is 76.3 Å². The first-order valence-corrected chi connectivity index (χ1v) is 15.4. The molecule has 6 heterocycles. The maximum Gasteiger partial charge on any atom is 0.177 e. The number of fused-ring (bicyclic) bond motifs is 4. The summed E-state index contributed by atoms with van der Waals surface area (Å²) in [5, 5.41) is 8.84. The SMILES string of the molecule is Cc1ncc(C)n2nc(C=Cc3ccc4c(F)c(F)cc(F)c4n3)nc12.Cc1ncc(C)n2nc(C=Cc3ccc4c(F)cc(F)cc4n3)nc12. The number of rotatable bonds is 4. The zero-order valence-corrected chi connectivity index (χ0v) is 27.4. The Bertz CT molecular complexity index is 2640. The van der Waals surface area contributed by atoms with Gasteiger partial charge in [-0.1, -0.05) is 0 Å². The van der Waals surface area contributed by atoms with E-state index in [1.165, 1.54) is 18.2 Å². The van der Waals surface area contributed by atoms with Crippen molar-refractivity contribution in [1.82, 2.24) is 49.1 Å². The average Bonchev–Trinajstić information content (AvgIpc) is 3.76. The van der Waals surface area contributed by atoms with Crippen LogP contribution in [0.3, 0.4) is 0 Å². The summed E-state index contributed by atoms with van der Waals surface area (Å²) in [7, 11) is 0. The molecule has 0 spiro atoms. The van der Waals surface area contributed by atoms with Gasteiger partial charge in [0, 0.05) is 41.4 Å². The number of hydrogen-bond acceptors (Lipinski definition) is 8. The summed E-state index contributed by atoms with van der Waals surface area (Å²) in [4.78, 5) is 25.6. The molecule has 0 N–H and O–H groups in total. The van der Waals surface area contributed by atoms with Gasteiger partial charge in [0.15, 0.2) is 40.4 Å². The van der Waals surface area contributed by atoms with E-state index in [2.05, 4.69) is 40.1 Å². The summed E-state index contributed by atoms with van der Waals surface area (Å²) in [5.74, 6) is -3.63. The lowest BCUT2D eigenvalue weighted by atomic mass is 10.1. The third-order valence-corrected chi connectivity index (χ3v) is 7.84. The molecular weight excluding hydrogens is 667 g/mol. The number of nitrogens with zero attached hydrogens (tertiary/aromatic N) is 10. The van der Waals surface area contributed by atoms with Crippen LogP contribution < -0.4 is 0 Å². The molecule has 6 aromatic heterocycles. The highest BCUT2D eigenvalue weighted by atomic mass is 19.2. The second kappa shape index (κ2) is 13.1. The smallest absolute Gasteiger partial charge is 0.177 e. The lowest BCUT2D eigenvalue weighted by Crippen LogP contribution is -1.97. The number of benzene rings is 2. The average molecular weight is 693 g/mol. The van der Waals surface area contributed by atoms with Gasteiger partial charge < -0.3 is 0 Å². The molecule has 8 rings (SSSR count). The predicted molar refractivity (Wildman–Crippen MR) is 182 cm³/mol. The molecule has 0 saturated heterocycles. The van der Waals surface area contributed by atoms with E-state index in [1.807, 2.05) is 27.7 Å². The van der Waals surface area contributed by atoms with Crippen LogP contribution in [0.1, 0.15) is 45.8 Å². The van der Waals surface area contributed by atoms with E-state index in [4.69, 9.17) is 0 Å². The zero-order valence-electron chi connectivity index (χ0n) is 27.4. The number of pyridine rings is 2. The molecule has 0 unspecified atom stereocenters. The van der Waals surface area contributed by atoms with Crippen molar-refractivity contribution in [3.05, 3.63) is 130 Å². The van der Waals surface area contributed by atoms with Crippen LogP contribution in [-0.2, 0) is 0 Å². The van der Waals surface area contributed by atoms with Crippen LogP contribution in [0.2, 0.25) is 0 Å². The van der Waals surface area contributed by atoms with Gasteiger partial charge in [0.05, 0.1) is 39.7 Å². The van der Waals surface area contributed by atoms with E-state index in [0.29, 0.717) is 40.4 Å². The Morgan fingerprint density at radius 3 is 1.67 bits per heavy atom.